The number of rotatable bonds is 3. The standard InChI is InChI=1S/C15H16F3N3S/c16-15(17,18)11-3-1-10(2-4-11)14-20-13(9-22-14)8-21-6-5-12(19)7-21/h1-4,9,12H,5-8,19H2/t12-/m0/s1. The Bertz CT molecular complexity index is 636. The van der Waals surface area contributed by atoms with Crippen LogP contribution in [0.3, 0.4) is 0 Å². The summed E-state index contributed by atoms with van der Waals surface area (Å²) in [6.07, 6.45) is -3.31. The van der Waals surface area contributed by atoms with Gasteiger partial charge in [-0.15, -0.1) is 11.3 Å². The fourth-order valence-electron chi connectivity index (χ4n) is 2.55. The molecule has 1 aliphatic rings. The number of aromatic nitrogens is 1. The number of benzene rings is 1. The highest BCUT2D eigenvalue weighted by atomic mass is 32.1. The van der Waals surface area contributed by atoms with Gasteiger partial charge in [-0.2, -0.15) is 13.2 Å². The minimum absolute atomic E-state index is 0.230. The van der Waals surface area contributed by atoms with Crippen LogP contribution >= 0.6 is 11.3 Å². The Morgan fingerprint density at radius 3 is 2.59 bits per heavy atom. The van der Waals surface area contributed by atoms with Crippen LogP contribution in [0.1, 0.15) is 17.7 Å². The minimum atomic E-state index is -4.30. The van der Waals surface area contributed by atoms with E-state index in [0.717, 1.165) is 48.9 Å². The molecule has 1 aromatic carbocycles. The van der Waals surface area contributed by atoms with Gasteiger partial charge in [-0.05, 0) is 18.6 Å². The number of hydrogen-bond acceptors (Lipinski definition) is 4. The molecule has 7 heteroatoms. The minimum Gasteiger partial charge on any atom is -0.326 e. The molecule has 1 aromatic heterocycles. The summed E-state index contributed by atoms with van der Waals surface area (Å²) in [5.41, 5.74) is 6.88. The van der Waals surface area contributed by atoms with Gasteiger partial charge in [0, 0.05) is 36.6 Å². The Hall–Kier alpha value is -1.44. The van der Waals surface area contributed by atoms with Crippen LogP contribution in [-0.4, -0.2) is 29.0 Å². The molecule has 0 aliphatic carbocycles. The molecule has 0 spiro atoms. The molecule has 3 nitrogen and oxygen atoms in total. The summed E-state index contributed by atoms with van der Waals surface area (Å²) in [4.78, 5) is 6.76. The van der Waals surface area contributed by atoms with Gasteiger partial charge in [0.15, 0.2) is 0 Å². The second kappa shape index (κ2) is 5.98. The van der Waals surface area contributed by atoms with Crippen molar-refractivity contribution in [3.8, 4) is 10.6 Å². The van der Waals surface area contributed by atoms with E-state index in [1.807, 2.05) is 5.38 Å². The van der Waals surface area contributed by atoms with Crippen molar-refractivity contribution in [3.63, 3.8) is 0 Å². The summed E-state index contributed by atoms with van der Waals surface area (Å²) in [6, 6.07) is 5.35. The summed E-state index contributed by atoms with van der Waals surface area (Å²) in [6.45, 7) is 2.58. The molecule has 0 bridgehead atoms. The molecule has 3 rings (SSSR count). The molecule has 2 heterocycles. The van der Waals surface area contributed by atoms with Gasteiger partial charge < -0.3 is 5.73 Å². The van der Waals surface area contributed by atoms with Crippen LogP contribution in [0.15, 0.2) is 29.6 Å². The summed E-state index contributed by atoms with van der Waals surface area (Å²) >= 11 is 1.45. The molecule has 0 amide bonds. The molecule has 1 aliphatic heterocycles. The van der Waals surface area contributed by atoms with E-state index in [2.05, 4.69) is 9.88 Å². The lowest BCUT2D eigenvalue weighted by Gasteiger charge is -2.12. The van der Waals surface area contributed by atoms with E-state index in [9.17, 15) is 13.2 Å². The number of halogens is 3. The van der Waals surface area contributed by atoms with Gasteiger partial charge in [-0.25, -0.2) is 4.98 Å². The first-order valence-electron chi connectivity index (χ1n) is 7.02. The van der Waals surface area contributed by atoms with Crippen LogP contribution in [-0.2, 0) is 12.7 Å². The lowest BCUT2D eigenvalue weighted by atomic mass is 10.1. The van der Waals surface area contributed by atoms with Crippen molar-refractivity contribution in [1.82, 2.24) is 9.88 Å². The Kier molecular flexibility index (Phi) is 4.20. The molecule has 2 aromatic rings. The molecule has 0 saturated carbocycles. The van der Waals surface area contributed by atoms with Crippen molar-refractivity contribution < 1.29 is 13.2 Å². The van der Waals surface area contributed by atoms with Crippen LogP contribution in [0.5, 0.6) is 0 Å². The highest BCUT2D eigenvalue weighted by Crippen LogP contribution is 2.32. The fraction of sp³-hybridized carbons (Fsp3) is 0.400. The van der Waals surface area contributed by atoms with Crippen molar-refractivity contribution in [2.75, 3.05) is 13.1 Å². The smallest absolute Gasteiger partial charge is 0.326 e. The maximum Gasteiger partial charge on any atom is 0.416 e. The normalized spacial score (nSPS) is 19.7. The lowest BCUT2D eigenvalue weighted by molar-refractivity contribution is -0.137. The molecule has 118 valence electrons. The van der Waals surface area contributed by atoms with Crippen LogP contribution in [0, 0.1) is 0 Å². The van der Waals surface area contributed by atoms with Gasteiger partial charge in [0.05, 0.1) is 11.3 Å². The second-order valence-corrected chi connectivity index (χ2v) is 6.36. The summed E-state index contributed by atoms with van der Waals surface area (Å²) in [5.74, 6) is 0. The number of hydrogen-bond donors (Lipinski definition) is 1. The third kappa shape index (κ3) is 3.48. The maximum absolute atomic E-state index is 12.6. The maximum atomic E-state index is 12.6. The van der Waals surface area contributed by atoms with Crippen LogP contribution in [0.2, 0.25) is 0 Å². The summed E-state index contributed by atoms with van der Waals surface area (Å²) in [5, 5.41) is 2.70. The zero-order valence-corrected chi connectivity index (χ0v) is 12.6. The lowest BCUT2D eigenvalue weighted by Crippen LogP contribution is -2.26. The fourth-order valence-corrected chi connectivity index (χ4v) is 3.37. The number of alkyl halides is 3. The predicted molar refractivity (Wildman–Crippen MR) is 80.4 cm³/mol. The molecule has 0 radical (unpaired) electrons. The molecule has 2 N–H and O–H groups in total. The predicted octanol–water partition coefficient (Wildman–Crippen LogP) is 3.36. The third-order valence-electron chi connectivity index (χ3n) is 3.71. The molecule has 1 atom stereocenters. The first kappa shape index (κ1) is 15.5. The van der Waals surface area contributed by atoms with Gasteiger partial charge in [0.2, 0.25) is 0 Å². The molecule has 0 unspecified atom stereocenters. The van der Waals surface area contributed by atoms with Crippen molar-refractivity contribution in [1.29, 1.82) is 0 Å². The van der Waals surface area contributed by atoms with Gasteiger partial charge in [0.25, 0.3) is 0 Å². The largest absolute Gasteiger partial charge is 0.416 e. The van der Waals surface area contributed by atoms with E-state index in [1.54, 1.807) is 0 Å². The molecular weight excluding hydrogens is 311 g/mol. The Morgan fingerprint density at radius 2 is 2.00 bits per heavy atom. The third-order valence-corrected chi connectivity index (χ3v) is 4.65. The van der Waals surface area contributed by atoms with E-state index in [0.29, 0.717) is 5.56 Å². The second-order valence-electron chi connectivity index (χ2n) is 5.50. The van der Waals surface area contributed by atoms with Gasteiger partial charge in [0.1, 0.15) is 5.01 Å². The van der Waals surface area contributed by atoms with E-state index >= 15 is 0 Å². The van der Waals surface area contributed by atoms with Crippen LogP contribution < -0.4 is 5.73 Å². The average molecular weight is 327 g/mol. The molecule has 1 saturated heterocycles. The van der Waals surface area contributed by atoms with E-state index in [1.165, 1.54) is 23.5 Å². The van der Waals surface area contributed by atoms with E-state index in [-0.39, 0.29) is 6.04 Å². The Balaban J connectivity index is 1.70. The number of nitrogens with zero attached hydrogens (tertiary/aromatic N) is 2. The van der Waals surface area contributed by atoms with Crippen LogP contribution in [0.4, 0.5) is 13.2 Å². The summed E-state index contributed by atoms with van der Waals surface area (Å²) in [7, 11) is 0. The van der Waals surface area contributed by atoms with E-state index in [4.69, 9.17) is 5.73 Å². The average Bonchev–Trinajstić information content (AvgIpc) is 3.08. The van der Waals surface area contributed by atoms with Crippen LogP contribution in [0.25, 0.3) is 10.6 Å². The first-order valence-corrected chi connectivity index (χ1v) is 7.90. The number of nitrogens with two attached hydrogens (primary N) is 1. The van der Waals surface area contributed by atoms with Crippen molar-refractivity contribution in [2.45, 2.75) is 25.2 Å². The molecule has 22 heavy (non-hydrogen) atoms. The van der Waals surface area contributed by atoms with Gasteiger partial charge in [-0.3, -0.25) is 4.90 Å². The summed E-state index contributed by atoms with van der Waals surface area (Å²) < 4.78 is 37.7. The van der Waals surface area contributed by atoms with Crippen molar-refractivity contribution in [3.05, 3.63) is 40.9 Å². The first-order chi connectivity index (χ1) is 10.4. The number of likely N-dealkylation sites (tertiary alicyclic amines) is 1. The monoisotopic (exact) mass is 327 g/mol. The number of thiazole rings is 1. The van der Waals surface area contributed by atoms with E-state index < -0.39 is 11.7 Å². The zero-order chi connectivity index (χ0) is 15.7. The quantitative estimate of drug-likeness (QED) is 0.940. The van der Waals surface area contributed by atoms with Gasteiger partial charge >= 0.3 is 6.18 Å². The zero-order valence-electron chi connectivity index (χ0n) is 11.8. The molecule has 1 fully saturated rings. The Labute approximate surface area is 130 Å². The SMILES string of the molecule is N[C@H]1CCN(Cc2csc(-c3ccc(C(F)(F)F)cc3)n2)C1. The molecular formula is C15H16F3N3S. The van der Waals surface area contributed by atoms with Crippen molar-refractivity contribution >= 4 is 11.3 Å². The highest BCUT2D eigenvalue weighted by molar-refractivity contribution is 7.13. The highest BCUT2D eigenvalue weighted by Gasteiger charge is 2.30. The van der Waals surface area contributed by atoms with Crippen molar-refractivity contribution in [2.24, 2.45) is 5.73 Å². The Morgan fingerprint density at radius 1 is 1.27 bits per heavy atom. The topological polar surface area (TPSA) is 42.1 Å². The van der Waals surface area contributed by atoms with Gasteiger partial charge in [-0.1, -0.05) is 12.1 Å².